The Morgan fingerprint density at radius 3 is 2.69 bits per heavy atom. The molecule has 1 aromatic rings. The van der Waals surface area contributed by atoms with Crippen LogP contribution < -0.4 is 5.73 Å². The van der Waals surface area contributed by atoms with Gasteiger partial charge in [-0.3, -0.25) is 4.57 Å². The number of alkyl halides is 2. The number of nitrogens with two attached hydrogens (primary N) is 1. The third-order valence-corrected chi connectivity index (χ3v) is 2.02. The molecule has 0 radical (unpaired) electrons. The van der Waals surface area contributed by atoms with Gasteiger partial charge in [0.1, 0.15) is 0 Å². The topological polar surface area (TPSA) is 30.9 Å². The Labute approximate surface area is 76.3 Å². The van der Waals surface area contributed by atoms with Crippen LogP contribution in [0.5, 0.6) is 0 Å². The first kappa shape index (κ1) is 10.2. The minimum Gasteiger partial charge on any atom is -0.327 e. The van der Waals surface area contributed by atoms with Crippen LogP contribution in [0.1, 0.15) is 25.5 Å². The second kappa shape index (κ2) is 4.37. The number of hydrogen-bond donors (Lipinski definition) is 1. The van der Waals surface area contributed by atoms with Crippen molar-refractivity contribution >= 4 is 0 Å². The molecule has 1 unspecified atom stereocenters. The van der Waals surface area contributed by atoms with Crippen LogP contribution in [-0.2, 0) is 6.42 Å². The van der Waals surface area contributed by atoms with Crippen molar-refractivity contribution in [1.29, 1.82) is 0 Å². The van der Waals surface area contributed by atoms with Crippen molar-refractivity contribution in [2.45, 2.75) is 32.4 Å². The van der Waals surface area contributed by atoms with Gasteiger partial charge < -0.3 is 5.73 Å². The van der Waals surface area contributed by atoms with Crippen LogP contribution in [0, 0.1) is 0 Å². The summed E-state index contributed by atoms with van der Waals surface area (Å²) in [6.45, 7) is -0.471. The summed E-state index contributed by atoms with van der Waals surface area (Å²) in [5.41, 5.74) is 6.56. The molecule has 4 heteroatoms. The van der Waals surface area contributed by atoms with Gasteiger partial charge in [0.2, 0.25) is 0 Å². The molecule has 1 aromatic heterocycles. The lowest BCUT2D eigenvalue weighted by Gasteiger charge is -2.05. The van der Waals surface area contributed by atoms with Crippen LogP contribution in [-0.4, -0.2) is 10.6 Å². The molecule has 1 atom stereocenters. The van der Waals surface area contributed by atoms with E-state index < -0.39 is 6.55 Å². The lowest BCUT2D eigenvalue weighted by Crippen LogP contribution is -2.21. The first-order chi connectivity index (χ1) is 6.13. The zero-order chi connectivity index (χ0) is 9.84. The molecule has 0 saturated carbocycles. The summed E-state index contributed by atoms with van der Waals surface area (Å²) >= 11 is 0. The largest absolute Gasteiger partial charge is 0.327 e. The summed E-state index contributed by atoms with van der Waals surface area (Å²) < 4.78 is 25.1. The molecule has 0 aliphatic rings. The molecule has 0 amide bonds. The predicted molar refractivity (Wildman–Crippen MR) is 47.7 cm³/mol. The molecule has 2 nitrogen and oxygen atoms in total. The van der Waals surface area contributed by atoms with E-state index in [-0.39, 0.29) is 6.04 Å². The maximum Gasteiger partial charge on any atom is 0.318 e. The Balaban J connectivity index is 2.58. The van der Waals surface area contributed by atoms with Crippen molar-refractivity contribution < 1.29 is 8.78 Å². The minimum atomic E-state index is -2.45. The Morgan fingerprint density at radius 2 is 2.23 bits per heavy atom. The van der Waals surface area contributed by atoms with Gasteiger partial charge in [0, 0.05) is 18.4 Å². The number of hydrogen-bond acceptors (Lipinski definition) is 1. The molecule has 0 saturated heterocycles. The summed E-state index contributed by atoms with van der Waals surface area (Å²) in [4.78, 5) is 0. The standard InChI is InChI=1S/C9H14F2N2/c1-2-8(12)5-7-3-4-13(6-7)9(10)11/h3-4,6,8-9H,2,5,12H2,1H3. The van der Waals surface area contributed by atoms with Crippen LogP contribution in [0.3, 0.4) is 0 Å². The summed E-state index contributed by atoms with van der Waals surface area (Å²) in [5, 5.41) is 0. The lowest BCUT2D eigenvalue weighted by molar-refractivity contribution is 0.0705. The summed E-state index contributed by atoms with van der Waals surface area (Å²) in [5.74, 6) is 0. The molecule has 0 aliphatic heterocycles. The highest BCUT2D eigenvalue weighted by molar-refractivity contribution is 5.11. The van der Waals surface area contributed by atoms with Gasteiger partial charge in [-0.05, 0) is 24.5 Å². The van der Waals surface area contributed by atoms with Crippen molar-refractivity contribution in [3.8, 4) is 0 Å². The SMILES string of the molecule is CCC(N)Cc1ccn(C(F)F)c1. The van der Waals surface area contributed by atoms with Crippen molar-refractivity contribution in [2.75, 3.05) is 0 Å². The number of aromatic nitrogens is 1. The highest BCUT2D eigenvalue weighted by Crippen LogP contribution is 2.13. The van der Waals surface area contributed by atoms with Crippen LogP contribution >= 0.6 is 0 Å². The first-order valence-corrected chi connectivity index (χ1v) is 4.33. The van der Waals surface area contributed by atoms with Gasteiger partial charge in [-0.1, -0.05) is 6.92 Å². The molecule has 74 valence electrons. The van der Waals surface area contributed by atoms with Gasteiger partial charge in [-0.2, -0.15) is 8.78 Å². The van der Waals surface area contributed by atoms with Gasteiger partial charge in [-0.25, -0.2) is 0 Å². The van der Waals surface area contributed by atoms with Crippen molar-refractivity contribution in [2.24, 2.45) is 5.73 Å². The van der Waals surface area contributed by atoms with E-state index in [1.54, 1.807) is 6.07 Å². The van der Waals surface area contributed by atoms with E-state index in [0.717, 1.165) is 16.6 Å². The molecule has 0 aliphatic carbocycles. The van der Waals surface area contributed by atoms with E-state index in [9.17, 15) is 8.78 Å². The van der Waals surface area contributed by atoms with Gasteiger partial charge in [0.25, 0.3) is 0 Å². The van der Waals surface area contributed by atoms with Gasteiger partial charge in [0.15, 0.2) is 0 Å². The molecule has 2 N–H and O–H groups in total. The van der Waals surface area contributed by atoms with E-state index in [1.807, 2.05) is 6.92 Å². The van der Waals surface area contributed by atoms with E-state index >= 15 is 0 Å². The predicted octanol–water partition coefficient (Wildman–Crippen LogP) is 2.16. The maximum absolute atomic E-state index is 12.1. The van der Waals surface area contributed by atoms with Gasteiger partial charge >= 0.3 is 6.55 Å². The highest BCUT2D eigenvalue weighted by Gasteiger charge is 2.07. The Hall–Kier alpha value is -0.900. The highest BCUT2D eigenvalue weighted by atomic mass is 19.3. The molecule has 1 heterocycles. The fraction of sp³-hybridized carbons (Fsp3) is 0.556. The smallest absolute Gasteiger partial charge is 0.318 e. The fourth-order valence-electron chi connectivity index (χ4n) is 1.15. The second-order valence-electron chi connectivity index (χ2n) is 3.12. The Morgan fingerprint density at radius 1 is 1.54 bits per heavy atom. The molecule has 13 heavy (non-hydrogen) atoms. The Bertz CT molecular complexity index is 258. The Kier molecular flexibility index (Phi) is 3.42. The molecule has 0 aromatic carbocycles. The number of rotatable bonds is 4. The molecule has 0 bridgehead atoms. The molecule has 0 spiro atoms. The zero-order valence-corrected chi connectivity index (χ0v) is 7.58. The van der Waals surface area contributed by atoms with Gasteiger partial charge in [0.05, 0.1) is 0 Å². The molecular weight excluding hydrogens is 174 g/mol. The second-order valence-corrected chi connectivity index (χ2v) is 3.12. The first-order valence-electron chi connectivity index (χ1n) is 4.33. The normalized spacial score (nSPS) is 13.6. The van der Waals surface area contributed by atoms with E-state index in [4.69, 9.17) is 5.73 Å². The summed E-state index contributed by atoms with van der Waals surface area (Å²) in [6.07, 6.45) is 4.35. The summed E-state index contributed by atoms with van der Waals surface area (Å²) in [6, 6.07) is 1.75. The molecule has 1 rings (SSSR count). The monoisotopic (exact) mass is 188 g/mol. The lowest BCUT2D eigenvalue weighted by atomic mass is 10.1. The van der Waals surface area contributed by atoms with Crippen LogP contribution in [0.2, 0.25) is 0 Å². The summed E-state index contributed by atoms with van der Waals surface area (Å²) in [7, 11) is 0. The average Bonchev–Trinajstić information content (AvgIpc) is 2.52. The number of halogens is 2. The van der Waals surface area contributed by atoms with Crippen molar-refractivity contribution in [3.63, 3.8) is 0 Å². The van der Waals surface area contributed by atoms with Gasteiger partial charge in [-0.15, -0.1) is 0 Å². The van der Waals surface area contributed by atoms with Crippen molar-refractivity contribution in [3.05, 3.63) is 24.0 Å². The fourth-order valence-corrected chi connectivity index (χ4v) is 1.15. The maximum atomic E-state index is 12.1. The molecule has 0 fully saturated rings. The third-order valence-electron chi connectivity index (χ3n) is 2.02. The van der Waals surface area contributed by atoms with E-state index in [1.165, 1.54) is 12.4 Å². The quantitative estimate of drug-likeness (QED) is 0.771. The minimum absolute atomic E-state index is 0.0634. The van der Waals surface area contributed by atoms with Crippen LogP contribution in [0.25, 0.3) is 0 Å². The zero-order valence-electron chi connectivity index (χ0n) is 7.58. The average molecular weight is 188 g/mol. The van der Waals surface area contributed by atoms with Crippen LogP contribution in [0.4, 0.5) is 8.78 Å². The van der Waals surface area contributed by atoms with E-state index in [0.29, 0.717) is 6.42 Å². The number of nitrogens with zero attached hydrogens (tertiary/aromatic N) is 1. The van der Waals surface area contributed by atoms with Crippen molar-refractivity contribution in [1.82, 2.24) is 4.57 Å². The van der Waals surface area contributed by atoms with Crippen LogP contribution in [0.15, 0.2) is 18.5 Å². The molecular formula is C9H14F2N2. The third kappa shape index (κ3) is 2.81. The van der Waals surface area contributed by atoms with E-state index in [2.05, 4.69) is 0 Å².